The second-order valence-electron chi connectivity index (χ2n) is 17.1. The SMILES string of the molecule is CCOc1cc2ccnc(O[C@]3(C)C[C@H]4C(=O)N[C@]5(C(=O)NS(=O)(=O)C6(CF)CC6)C[C@H]5/C=C\CC[C@@H](C)C[C@@H](C)[C@H](N(C(=O)O)C(C)CC)C(=O)N4C3(F)F)c2cc1F. The fourth-order valence-corrected chi connectivity index (χ4v) is 10.1. The van der Waals surface area contributed by atoms with Gasteiger partial charge in [0.1, 0.15) is 29.0 Å². The van der Waals surface area contributed by atoms with Gasteiger partial charge in [-0.3, -0.25) is 28.9 Å². The van der Waals surface area contributed by atoms with Crippen molar-refractivity contribution in [1.29, 1.82) is 0 Å². The van der Waals surface area contributed by atoms with E-state index in [1.807, 2.05) is 11.6 Å². The lowest BCUT2D eigenvalue weighted by Crippen LogP contribution is -2.64. The number of allylic oxidation sites excluding steroid dienone is 1. The van der Waals surface area contributed by atoms with Crippen LogP contribution in [-0.4, -0.2) is 105 Å². The number of nitrogens with zero attached hydrogens (tertiary/aromatic N) is 3. The first kappa shape index (κ1) is 44.9. The van der Waals surface area contributed by atoms with Gasteiger partial charge in [0.2, 0.25) is 21.8 Å². The van der Waals surface area contributed by atoms with E-state index in [4.69, 9.17) is 9.47 Å². The molecule has 3 N–H and O–H groups in total. The second kappa shape index (κ2) is 16.3. The number of benzene rings is 1. The highest BCUT2D eigenvalue weighted by Gasteiger charge is 2.71. The maximum absolute atomic E-state index is 17.6. The minimum Gasteiger partial charge on any atom is -0.491 e. The number of sulfonamides is 1. The molecule has 3 heterocycles. The topological polar surface area (TPSA) is 185 Å². The summed E-state index contributed by atoms with van der Waals surface area (Å²) >= 11 is 0. The standard InChI is InChI=1S/C41H53F4N5O9S/c1-7-25(5)49(37(54)55)32-24(4)17-23(3)11-9-10-12-27-20-40(27,36(53)48-60(56,57)39(22-42)14-15-39)47-33(51)30-21-38(6,41(44,45)50(30)35(32)52)59-34-28-19-29(43)31(58-8-2)18-26(28)13-16-46-34/h10,12-13,16,18-19,23-25,27,30,32H,7-9,11,14-15,17,20-22H2,1-6H3,(H,47,51)(H,48,53)(H,54,55)/b12-10-/t23-,24-,25?,27-,30+,32+,38-,40-/m1/s1. The maximum atomic E-state index is 17.6. The molecule has 4 aliphatic rings. The van der Waals surface area contributed by atoms with E-state index < -0.39 is 111 Å². The Morgan fingerprint density at radius 1 is 1.17 bits per heavy atom. The van der Waals surface area contributed by atoms with Crippen LogP contribution in [0.5, 0.6) is 11.6 Å². The van der Waals surface area contributed by atoms with E-state index in [0.29, 0.717) is 18.2 Å². The number of rotatable bonds is 11. The number of fused-ring (bicyclic) bond motifs is 3. The summed E-state index contributed by atoms with van der Waals surface area (Å²) in [5.41, 5.74) is -4.79. The number of hydrogen-bond acceptors (Lipinski definition) is 9. The molecule has 4 amide bonds. The summed E-state index contributed by atoms with van der Waals surface area (Å²) in [6.07, 6.45) is 3.34. The summed E-state index contributed by atoms with van der Waals surface area (Å²) in [7, 11) is -4.57. The summed E-state index contributed by atoms with van der Waals surface area (Å²) in [6.45, 7) is 8.16. The van der Waals surface area contributed by atoms with Gasteiger partial charge in [0, 0.05) is 30.0 Å². The summed E-state index contributed by atoms with van der Waals surface area (Å²) in [4.78, 5) is 61.6. The van der Waals surface area contributed by atoms with Crippen LogP contribution in [0.2, 0.25) is 0 Å². The van der Waals surface area contributed by atoms with Gasteiger partial charge in [-0.05, 0) is 101 Å². The first-order valence-corrected chi connectivity index (χ1v) is 21.8. The smallest absolute Gasteiger partial charge is 0.408 e. The van der Waals surface area contributed by atoms with E-state index in [-0.39, 0.29) is 60.7 Å². The van der Waals surface area contributed by atoms with Gasteiger partial charge < -0.3 is 19.9 Å². The van der Waals surface area contributed by atoms with Gasteiger partial charge in [-0.1, -0.05) is 32.9 Å². The summed E-state index contributed by atoms with van der Waals surface area (Å²) < 4.78 is 102. The van der Waals surface area contributed by atoms with Gasteiger partial charge in [0.05, 0.1) is 6.61 Å². The Bertz CT molecular complexity index is 2170. The zero-order chi connectivity index (χ0) is 44.2. The largest absolute Gasteiger partial charge is 0.491 e. The molecule has 0 radical (unpaired) electrons. The molecule has 6 rings (SSSR count). The molecule has 2 aliphatic heterocycles. The molecule has 330 valence electrons. The Balaban J connectivity index is 1.48. The van der Waals surface area contributed by atoms with Gasteiger partial charge >= 0.3 is 12.1 Å². The number of alkyl halides is 3. The van der Waals surface area contributed by atoms with Gasteiger partial charge in [-0.2, -0.15) is 8.78 Å². The molecule has 2 aliphatic carbocycles. The number of pyridine rings is 1. The van der Waals surface area contributed by atoms with Crippen molar-refractivity contribution in [2.45, 2.75) is 133 Å². The molecular weight excluding hydrogens is 815 g/mol. The van der Waals surface area contributed by atoms with Crippen LogP contribution in [0.4, 0.5) is 22.4 Å². The molecule has 1 aromatic carbocycles. The Kier molecular flexibility index (Phi) is 12.2. The minimum atomic E-state index is -4.57. The lowest BCUT2D eigenvalue weighted by atomic mass is 9.86. The molecule has 1 saturated heterocycles. The molecule has 0 spiro atoms. The lowest BCUT2D eigenvalue weighted by Gasteiger charge is -2.42. The van der Waals surface area contributed by atoms with Gasteiger partial charge in [-0.25, -0.2) is 27.0 Å². The number of halogens is 4. The van der Waals surface area contributed by atoms with Crippen LogP contribution in [0.25, 0.3) is 10.8 Å². The third-order valence-corrected chi connectivity index (χ3v) is 14.8. The molecule has 2 saturated carbocycles. The van der Waals surface area contributed by atoms with Gasteiger partial charge in [0.25, 0.3) is 11.8 Å². The molecule has 19 heteroatoms. The highest BCUT2D eigenvalue weighted by atomic mass is 32.2. The zero-order valence-electron chi connectivity index (χ0n) is 34.5. The minimum absolute atomic E-state index is 0.0168. The molecule has 60 heavy (non-hydrogen) atoms. The lowest BCUT2D eigenvalue weighted by molar-refractivity contribution is -0.219. The molecule has 14 nitrogen and oxygen atoms in total. The molecule has 2 aromatic rings. The average Bonchev–Trinajstić information content (AvgIpc) is 4.10. The number of carbonyl (C=O) groups is 4. The second-order valence-corrected chi connectivity index (χ2v) is 19.2. The molecular formula is C41H53F4N5O9S. The number of nitrogens with one attached hydrogen (secondary N) is 2. The van der Waals surface area contributed by atoms with Crippen molar-refractivity contribution < 1.29 is 59.7 Å². The Labute approximate surface area is 346 Å². The van der Waals surface area contributed by atoms with Crippen LogP contribution < -0.4 is 19.5 Å². The predicted octanol–water partition coefficient (Wildman–Crippen LogP) is 6.09. The van der Waals surface area contributed by atoms with Crippen molar-refractivity contribution in [1.82, 2.24) is 24.8 Å². The van der Waals surface area contributed by atoms with Gasteiger partial charge in [-0.15, -0.1) is 0 Å². The van der Waals surface area contributed by atoms with Crippen LogP contribution in [0, 0.1) is 23.6 Å². The van der Waals surface area contributed by atoms with Crippen molar-refractivity contribution in [3.8, 4) is 11.6 Å². The van der Waals surface area contributed by atoms with E-state index in [9.17, 15) is 32.3 Å². The highest BCUT2D eigenvalue weighted by Crippen LogP contribution is 2.51. The summed E-state index contributed by atoms with van der Waals surface area (Å²) in [5, 5.41) is 13.3. The first-order chi connectivity index (χ1) is 28.1. The third-order valence-electron chi connectivity index (χ3n) is 12.7. The molecule has 8 atom stereocenters. The van der Waals surface area contributed by atoms with Crippen molar-refractivity contribution in [3.63, 3.8) is 0 Å². The monoisotopic (exact) mass is 867 g/mol. The number of carboxylic acid groups (broad SMARTS) is 1. The van der Waals surface area contributed by atoms with E-state index in [0.717, 1.165) is 17.9 Å². The highest BCUT2D eigenvalue weighted by molar-refractivity contribution is 7.91. The normalized spacial score (nSPS) is 31.0. The van der Waals surface area contributed by atoms with Crippen LogP contribution in [0.15, 0.2) is 36.5 Å². The maximum Gasteiger partial charge on any atom is 0.408 e. The third kappa shape index (κ3) is 7.85. The fourth-order valence-electron chi connectivity index (χ4n) is 8.65. The van der Waals surface area contributed by atoms with Crippen LogP contribution in [-0.2, 0) is 24.4 Å². The Hall–Kier alpha value is -4.68. The first-order valence-electron chi connectivity index (χ1n) is 20.4. The van der Waals surface area contributed by atoms with E-state index in [1.54, 1.807) is 32.9 Å². The van der Waals surface area contributed by atoms with Crippen LogP contribution >= 0.6 is 0 Å². The zero-order valence-corrected chi connectivity index (χ0v) is 35.3. The van der Waals surface area contributed by atoms with Crippen molar-refractivity contribution in [2.75, 3.05) is 13.3 Å². The Morgan fingerprint density at radius 2 is 1.87 bits per heavy atom. The number of carbonyl (C=O) groups excluding carboxylic acids is 3. The summed E-state index contributed by atoms with van der Waals surface area (Å²) in [5.74, 6) is -7.08. The number of amides is 4. The van der Waals surface area contributed by atoms with Gasteiger partial charge in [0.15, 0.2) is 17.2 Å². The van der Waals surface area contributed by atoms with E-state index in [2.05, 4.69) is 10.3 Å². The number of hydrogen-bond donors (Lipinski definition) is 3. The van der Waals surface area contributed by atoms with Crippen molar-refractivity contribution >= 4 is 44.6 Å². The number of aromatic nitrogens is 1. The van der Waals surface area contributed by atoms with Crippen molar-refractivity contribution in [3.05, 3.63) is 42.4 Å². The molecule has 1 unspecified atom stereocenters. The fraction of sp³-hybridized carbons (Fsp3) is 0.634. The van der Waals surface area contributed by atoms with E-state index >= 15 is 18.0 Å². The molecule has 1 aromatic heterocycles. The molecule has 0 bridgehead atoms. The van der Waals surface area contributed by atoms with E-state index in [1.165, 1.54) is 25.3 Å². The number of ether oxygens (including phenoxy) is 2. The summed E-state index contributed by atoms with van der Waals surface area (Å²) in [6, 6.07) is -5.28. The van der Waals surface area contributed by atoms with Crippen molar-refractivity contribution in [2.24, 2.45) is 17.8 Å². The average molecular weight is 868 g/mol. The molecule has 3 fully saturated rings. The Morgan fingerprint density at radius 3 is 2.48 bits per heavy atom. The predicted molar refractivity (Wildman–Crippen MR) is 211 cm³/mol. The quantitative estimate of drug-likeness (QED) is 0.136. The van der Waals surface area contributed by atoms with Crippen LogP contribution in [0.1, 0.15) is 92.9 Å². The van der Waals surface area contributed by atoms with Crippen LogP contribution in [0.3, 0.4) is 0 Å².